The standard InChI is InChI=1S/C14H26N2O2S/c1-2-19(17,18)16-9-7-13(8-10-16)15-14(11-3-4-11)12-5-6-12/h11-15H,2-10H2,1H3. The van der Waals surface area contributed by atoms with Crippen molar-refractivity contribution in [1.29, 1.82) is 0 Å². The maximum Gasteiger partial charge on any atom is 0.213 e. The Labute approximate surface area is 117 Å². The van der Waals surface area contributed by atoms with Gasteiger partial charge in [-0.25, -0.2) is 12.7 Å². The van der Waals surface area contributed by atoms with Crippen molar-refractivity contribution in [3.05, 3.63) is 0 Å². The zero-order chi connectivity index (χ0) is 13.5. The zero-order valence-electron chi connectivity index (χ0n) is 11.8. The van der Waals surface area contributed by atoms with Crippen LogP contribution in [0.3, 0.4) is 0 Å². The summed E-state index contributed by atoms with van der Waals surface area (Å²) in [5, 5.41) is 3.85. The number of nitrogens with zero attached hydrogens (tertiary/aromatic N) is 1. The number of hydrogen-bond donors (Lipinski definition) is 1. The highest BCUT2D eigenvalue weighted by Gasteiger charge is 2.42. The van der Waals surface area contributed by atoms with E-state index < -0.39 is 10.0 Å². The Morgan fingerprint density at radius 3 is 2.00 bits per heavy atom. The summed E-state index contributed by atoms with van der Waals surface area (Å²) in [5.41, 5.74) is 0. The molecule has 0 aromatic rings. The lowest BCUT2D eigenvalue weighted by molar-refractivity contribution is 0.256. The number of hydrogen-bond acceptors (Lipinski definition) is 3. The van der Waals surface area contributed by atoms with Gasteiger partial charge in [-0.05, 0) is 57.3 Å². The van der Waals surface area contributed by atoms with Crippen LogP contribution < -0.4 is 5.32 Å². The third-order valence-corrected chi connectivity index (χ3v) is 6.78. The Morgan fingerprint density at radius 1 is 1.05 bits per heavy atom. The first-order valence-electron chi connectivity index (χ1n) is 7.84. The van der Waals surface area contributed by atoms with E-state index >= 15 is 0 Å². The molecule has 0 bridgehead atoms. The second-order valence-electron chi connectivity index (χ2n) is 6.44. The monoisotopic (exact) mass is 286 g/mol. The molecule has 0 aromatic carbocycles. The lowest BCUT2D eigenvalue weighted by Crippen LogP contribution is -2.49. The van der Waals surface area contributed by atoms with Gasteiger partial charge in [0.15, 0.2) is 0 Å². The zero-order valence-corrected chi connectivity index (χ0v) is 12.7. The van der Waals surface area contributed by atoms with Crippen LogP contribution in [0.25, 0.3) is 0 Å². The molecule has 0 amide bonds. The minimum absolute atomic E-state index is 0.234. The van der Waals surface area contributed by atoms with Gasteiger partial charge in [-0.1, -0.05) is 0 Å². The third kappa shape index (κ3) is 3.31. The first-order chi connectivity index (χ1) is 9.10. The predicted octanol–water partition coefficient (Wildman–Crippen LogP) is 1.58. The van der Waals surface area contributed by atoms with Crippen molar-refractivity contribution < 1.29 is 8.42 Å². The predicted molar refractivity (Wildman–Crippen MR) is 76.4 cm³/mol. The van der Waals surface area contributed by atoms with Gasteiger partial charge in [-0.2, -0.15) is 0 Å². The van der Waals surface area contributed by atoms with Gasteiger partial charge in [-0.3, -0.25) is 0 Å². The highest BCUT2D eigenvalue weighted by molar-refractivity contribution is 7.89. The molecule has 2 saturated carbocycles. The first-order valence-corrected chi connectivity index (χ1v) is 9.45. The van der Waals surface area contributed by atoms with Gasteiger partial charge in [0.25, 0.3) is 0 Å². The Hall–Kier alpha value is -0.130. The molecule has 19 heavy (non-hydrogen) atoms. The molecule has 0 spiro atoms. The van der Waals surface area contributed by atoms with Crippen molar-refractivity contribution in [3.63, 3.8) is 0 Å². The molecule has 0 aromatic heterocycles. The van der Waals surface area contributed by atoms with E-state index in [1.54, 1.807) is 11.2 Å². The van der Waals surface area contributed by atoms with Gasteiger partial charge in [0.05, 0.1) is 5.75 Å². The van der Waals surface area contributed by atoms with Crippen molar-refractivity contribution in [3.8, 4) is 0 Å². The molecule has 0 radical (unpaired) electrons. The third-order valence-electron chi connectivity index (χ3n) is 4.90. The van der Waals surface area contributed by atoms with Crippen LogP contribution >= 0.6 is 0 Å². The van der Waals surface area contributed by atoms with Crippen LogP contribution in [-0.2, 0) is 10.0 Å². The molecule has 4 nitrogen and oxygen atoms in total. The summed E-state index contributed by atoms with van der Waals surface area (Å²) in [5.74, 6) is 2.08. The largest absolute Gasteiger partial charge is 0.311 e. The summed E-state index contributed by atoms with van der Waals surface area (Å²) in [6.07, 6.45) is 7.56. The van der Waals surface area contributed by atoms with Gasteiger partial charge < -0.3 is 5.32 Å². The van der Waals surface area contributed by atoms with Crippen molar-refractivity contribution in [2.75, 3.05) is 18.8 Å². The molecule has 2 aliphatic carbocycles. The number of nitrogens with one attached hydrogen (secondary N) is 1. The summed E-state index contributed by atoms with van der Waals surface area (Å²) in [4.78, 5) is 0. The van der Waals surface area contributed by atoms with Crippen LogP contribution in [0.2, 0.25) is 0 Å². The van der Waals surface area contributed by atoms with Gasteiger partial charge in [0.1, 0.15) is 0 Å². The maximum atomic E-state index is 11.8. The topological polar surface area (TPSA) is 49.4 Å². The van der Waals surface area contributed by atoms with E-state index in [0.717, 1.165) is 30.7 Å². The molecule has 5 heteroatoms. The highest BCUT2D eigenvalue weighted by Crippen LogP contribution is 2.44. The lowest BCUT2D eigenvalue weighted by atomic mass is 10.0. The van der Waals surface area contributed by atoms with Crippen LogP contribution in [-0.4, -0.2) is 43.6 Å². The summed E-state index contributed by atoms with van der Waals surface area (Å²) in [7, 11) is -2.98. The molecule has 3 rings (SSSR count). The second kappa shape index (κ2) is 5.34. The van der Waals surface area contributed by atoms with Crippen molar-refractivity contribution in [2.24, 2.45) is 11.8 Å². The molecular formula is C14H26N2O2S. The Balaban J connectivity index is 1.49. The van der Waals surface area contributed by atoms with Crippen LogP contribution in [0.15, 0.2) is 0 Å². The fourth-order valence-corrected chi connectivity index (χ4v) is 4.46. The maximum absolute atomic E-state index is 11.8. The van der Waals surface area contributed by atoms with E-state index in [-0.39, 0.29) is 5.75 Å². The summed E-state index contributed by atoms with van der Waals surface area (Å²) < 4.78 is 25.3. The first kappa shape index (κ1) is 13.8. The van der Waals surface area contributed by atoms with E-state index in [0.29, 0.717) is 19.1 Å². The average molecular weight is 286 g/mol. The molecule has 1 heterocycles. The molecule has 1 aliphatic heterocycles. The molecule has 3 aliphatic rings. The number of rotatable bonds is 6. The van der Waals surface area contributed by atoms with Crippen molar-refractivity contribution in [1.82, 2.24) is 9.62 Å². The average Bonchev–Trinajstić information content (AvgIpc) is 3.30. The van der Waals surface area contributed by atoms with E-state index in [9.17, 15) is 8.42 Å². The summed E-state index contributed by atoms with van der Waals surface area (Å²) >= 11 is 0. The minimum atomic E-state index is -2.98. The summed E-state index contributed by atoms with van der Waals surface area (Å²) in [6, 6.07) is 1.27. The molecular weight excluding hydrogens is 260 g/mol. The minimum Gasteiger partial charge on any atom is -0.311 e. The highest BCUT2D eigenvalue weighted by atomic mass is 32.2. The van der Waals surface area contributed by atoms with Crippen molar-refractivity contribution in [2.45, 2.75) is 57.5 Å². The fourth-order valence-electron chi connectivity index (χ4n) is 3.32. The fraction of sp³-hybridized carbons (Fsp3) is 1.00. The van der Waals surface area contributed by atoms with Crippen LogP contribution in [0.5, 0.6) is 0 Å². The summed E-state index contributed by atoms with van der Waals surface area (Å²) in [6.45, 7) is 3.14. The van der Waals surface area contributed by atoms with Gasteiger partial charge in [-0.15, -0.1) is 0 Å². The second-order valence-corrected chi connectivity index (χ2v) is 8.70. The molecule has 1 N–H and O–H groups in total. The number of piperidine rings is 1. The van der Waals surface area contributed by atoms with E-state index in [2.05, 4.69) is 5.32 Å². The molecule has 110 valence electrons. The Morgan fingerprint density at radius 2 is 1.58 bits per heavy atom. The smallest absolute Gasteiger partial charge is 0.213 e. The van der Waals surface area contributed by atoms with E-state index in [1.807, 2.05) is 0 Å². The molecule has 1 saturated heterocycles. The van der Waals surface area contributed by atoms with Crippen LogP contribution in [0.4, 0.5) is 0 Å². The molecule has 3 fully saturated rings. The quantitative estimate of drug-likeness (QED) is 0.806. The SMILES string of the molecule is CCS(=O)(=O)N1CCC(NC(C2CC2)C2CC2)CC1. The number of sulfonamides is 1. The molecule has 0 atom stereocenters. The Kier molecular flexibility index (Phi) is 3.89. The van der Waals surface area contributed by atoms with Crippen molar-refractivity contribution >= 4 is 10.0 Å². The Bertz CT molecular complexity index is 395. The van der Waals surface area contributed by atoms with Crippen LogP contribution in [0.1, 0.15) is 45.4 Å². The normalized spacial score (nSPS) is 27.1. The van der Waals surface area contributed by atoms with Gasteiger partial charge in [0.2, 0.25) is 10.0 Å². The molecule has 0 unspecified atom stereocenters. The van der Waals surface area contributed by atoms with E-state index in [1.165, 1.54) is 25.7 Å². The van der Waals surface area contributed by atoms with Gasteiger partial charge in [0, 0.05) is 25.2 Å². The lowest BCUT2D eigenvalue weighted by Gasteiger charge is -2.34. The van der Waals surface area contributed by atoms with Gasteiger partial charge >= 0.3 is 0 Å². The van der Waals surface area contributed by atoms with Crippen LogP contribution in [0, 0.1) is 11.8 Å². The van der Waals surface area contributed by atoms with E-state index in [4.69, 9.17) is 0 Å².